The average Bonchev–Trinajstić information content (AvgIpc) is 2.91. The van der Waals surface area contributed by atoms with Crippen molar-refractivity contribution in [3.8, 4) is 6.07 Å². The Hall–Kier alpha value is -1.38. The zero-order valence-electron chi connectivity index (χ0n) is 9.35. The molecule has 90 valence electrons. The van der Waals surface area contributed by atoms with Crippen LogP contribution < -0.4 is 0 Å². The molecular formula is C12H13NO3S. The molecule has 1 aliphatic heterocycles. The fourth-order valence-corrected chi connectivity index (χ4v) is 2.34. The molecule has 17 heavy (non-hydrogen) atoms. The highest BCUT2D eigenvalue weighted by Gasteiger charge is 2.34. The largest absolute Gasteiger partial charge is 0.460 e. The fourth-order valence-electron chi connectivity index (χ4n) is 1.72. The summed E-state index contributed by atoms with van der Waals surface area (Å²) in [5.74, 6) is -0.346. The topological polar surface area (TPSA) is 59.3 Å². The molecule has 0 atom stereocenters. The van der Waals surface area contributed by atoms with Crippen LogP contribution in [0.15, 0.2) is 17.5 Å². The number of rotatable bonds is 3. The van der Waals surface area contributed by atoms with E-state index in [-0.39, 0.29) is 12.6 Å². The van der Waals surface area contributed by atoms with Gasteiger partial charge in [-0.3, -0.25) is 0 Å². The van der Waals surface area contributed by atoms with Crippen molar-refractivity contribution >= 4 is 17.3 Å². The van der Waals surface area contributed by atoms with Gasteiger partial charge in [0.15, 0.2) is 0 Å². The van der Waals surface area contributed by atoms with Crippen molar-refractivity contribution in [3.63, 3.8) is 0 Å². The SMILES string of the molecule is N#CC1(COC(=O)c2cccs2)CCOCC1. The molecule has 1 saturated heterocycles. The third-order valence-corrected chi connectivity index (χ3v) is 3.74. The third-order valence-electron chi connectivity index (χ3n) is 2.89. The summed E-state index contributed by atoms with van der Waals surface area (Å²) in [6, 6.07) is 5.78. The average molecular weight is 251 g/mol. The van der Waals surface area contributed by atoms with Crippen LogP contribution in [0, 0.1) is 16.7 Å². The quantitative estimate of drug-likeness (QED) is 0.773. The summed E-state index contributed by atoms with van der Waals surface area (Å²) in [5, 5.41) is 11.0. The molecule has 0 spiro atoms. The monoisotopic (exact) mass is 251 g/mol. The van der Waals surface area contributed by atoms with Crippen molar-refractivity contribution in [1.82, 2.24) is 0 Å². The number of esters is 1. The van der Waals surface area contributed by atoms with Crippen LogP contribution in [0.1, 0.15) is 22.5 Å². The van der Waals surface area contributed by atoms with Gasteiger partial charge in [-0.25, -0.2) is 4.79 Å². The summed E-state index contributed by atoms with van der Waals surface area (Å²) in [7, 11) is 0. The molecule has 0 aromatic carbocycles. The zero-order chi connectivity index (χ0) is 12.1. The number of carbonyl (C=O) groups excluding carboxylic acids is 1. The lowest BCUT2D eigenvalue weighted by Gasteiger charge is -2.29. The molecule has 2 heterocycles. The lowest BCUT2D eigenvalue weighted by atomic mass is 9.83. The zero-order valence-corrected chi connectivity index (χ0v) is 10.2. The van der Waals surface area contributed by atoms with E-state index < -0.39 is 5.41 Å². The van der Waals surface area contributed by atoms with E-state index >= 15 is 0 Å². The van der Waals surface area contributed by atoms with Gasteiger partial charge in [-0.15, -0.1) is 11.3 Å². The minimum Gasteiger partial charge on any atom is -0.460 e. The van der Waals surface area contributed by atoms with E-state index in [1.165, 1.54) is 11.3 Å². The van der Waals surface area contributed by atoms with Gasteiger partial charge in [0.05, 0.1) is 11.5 Å². The van der Waals surface area contributed by atoms with Gasteiger partial charge in [0, 0.05) is 13.2 Å². The molecule has 1 fully saturated rings. The Morgan fingerprint density at radius 3 is 2.94 bits per heavy atom. The Morgan fingerprint density at radius 1 is 1.59 bits per heavy atom. The van der Waals surface area contributed by atoms with Crippen LogP contribution in [0.3, 0.4) is 0 Å². The van der Waals surface area contributed by atoms with Crippen LogP contribution in [0.2, 0.25) is 0 Å². The van der Waals surface area contributed by atoms with Crippen molar-refractivity contribution in [2.24, 2.45) is 5.41 Å². The second-order valence-electron chi connectivity index (χ2n) is 4.06. The summed E-state index contributed by atoms with van der Waals surface area (Å²) >= 11 is 1.34. The molecule has 0 amide bonds. The van der Waals surface area contributed by atoms with Crippen molar-refractivity contribution in [3.05, 3.63) is 22.4 Å². The molecule has 1 aliphatic rings. The molecule has 5 heteroatoms. The minimum absolute atomic E-state index is 0.156. The molecule has 1 aromatic heterocycles. The molecule has 0 bridgehead atoms. The number of ether oxygens (including phenoxy) is 2. The Labute approximate surface area is 104 Å². The smallest absolute Gasteiger partial charge is 0.348 e. The number of nitriles is 1. The highest BCUT2D eigenvalue weighted by molar-refractivity contribution is 7.11. The van der Waals surface area contributed by atoms with Gasteiger partial charge >= 0.3 is 5.97 Å². The van der Waals surface area contributed by atoms with Crippen LogP contribution in [-0.2, 0) is 9.47 Å². The van der Waals surface area contributed by atoms with Crippen molar-refractivity contribution in [1.29, 1.82) is 5.26 Å². The molecule has 0 saturated carbocycles. The first kappa shape index (κ1) is 12.1. The van der Waals surface area contributed by atoms with Crippen LogP contribution in [0.25, 0.3) is 0 Å². The maximum atomic E-state index is 11.7. The van der Waals surface area contributed by atoms with E-state index in [9.17, 15) is 10.1 Å². The fraction of sp³-hybridized carbons (Fsp3) is 0.500. The maximum Gasteiger partial charge on any atom is 0.348 e. The Balaban J connectivity index is 1.92. The summed E-state index contributed by atoms with van der Waals surface area (Å²) in [6.45, 7) is 1.28. The second kappa shape index (κ2) is 5.30. The molecule has 4 nitrogen and oxygen atoms in total. The predicted molar refractivity (Wildman–Crippen MR) is 62.7 cm³/mol. The number of nitrogens with zero attached hydrogens (tertiary/aromatic N) is 1. The van der Waals surface area contributed by atoms with Gasteiger partial charge < -0.3 is 9.47 Å². The second-order valence-corrected chi connectivity index (χ2v) is 5.01. The molecular weight excluding hydrogens is 238 g/mol. The predicted octanol–water partition coefficient (Wildman–Crippen LogP) is 2.23. The summed E-state index contributed by atoms with van der Waals surface area (Å²) in [6.07, 6.45) is 1.25. The lowest BCUT2D eigenvalue weighted by Crippen LogP contribution is -2.33. The first-order valence-corrected chi connectivity index (χ1v) is 6.33. The molecule has 0 aliphatic carbocycles. The first-order chi connectivity index (χ1) is 8.26. The third kappa shape index (κ3) is 2.84. The van der Waals surface area contributed by atoms with E-state index in [1.807, 2.05) is 5.38 Å². The van der Waals surface area contributed by atoms with Gasteiger partial charge in [-0.1, -0.05) is 6.07 Å². The normalized spacial score (nSPS) is 18.3. The molecule has 0 N–H and O–H groups in total. The Morgan fingerprint density at radius 2 is 2.35 bits per heavy atom. The summed E-state index contributed by atoms with van der Waals surface area (Å²) in [5.41, 5.74) is -0.564. The van der Waals surface area contributed by atoms with Crippen LogP contribution >= 0.6 is 11.3 Å². The molecule has 0 unspecified atom stereocenters. The van der Waals surface area contributed by atoms with Crippen LogP contribution in [0.5, 0.6) is 0 Å². The van der Waals surface area contributed by atoms with Gasteiger partial charge in [0.1, 0.15) is 11.5 Å². The van der Waals surface area contributed by atoms with Gasteiger partial charge in [0.25, 0.3) is 0 Å². The highest BCUT2D eigenvalue weighted by Crippen LogP contribution is 2.30. The molecule has 1 aromatic rings. The van der Waals surface area contributed by atoms with Crippen molar-refractivity contribution < 1.29 is 14.3 Å². The summed E-state index contributed by atoms with van der Waals surface area (Å²) in [4.78, 5) is 12.2. The maximum absolute atomic E-state index is 11.7. The van der Waals surface area contributed by atoms with Crippen molar-refractivity contribution in [2.45, 2.75) is 12.8 Å². The standard InChI is InChI=1S/C12H13NO3S/c13-8-12(3-5-15-6-4-12)9-16-11(14)10-2-1-7-17-10/h1-2,7H,3-6,9H2. The number of hydrogen-bond acceptors (Lipinski definition) is 5. The number of hydrogen-bond donors (Lipinski definition) is 0. The van der Waals surface area contributed by atoms with E-state index in [0.717, 1.165) is 0 Å². The Bertz CT molecular complexity index is 415. The van der Waals surface area contributed by atoms with E-state index in [0.29, 0.717) is 30.9 Å². The number of thiophene rings is 1. The molecule has 0 radical (unpaired) electrons. The van der Waals surface area contributed by atoms with Crippen LogP contribution in [-0.4, -0.2) is 25.8 Å². The van der Waals surface area contributed by atoms with Gasteiger partial charge in [-0.2, -0.15) is 5.26 Å². The summed E-state index contributed by atoms with van der Waals surface area (Å²) < 4.78 is 10.4. The van der Waals surface area contributed by atoms with Gasteiger partial charge in [0.2, 0.25) is 0 Å². The molecule has 2 rings (SSSR count). The van der Waals surface area contributed by atoms with E-state index in [4.69, 9.17) is 9.47 Å². The van der Waals surface area contributed by atoms with E-state index in [2.05, 4.69) is 6.07 Å². The van der Waals surface area contributed by atoms with Crippen molar-refractivity contribution in [2.75, 3.05) is 19.8 Å². The van der Waals surface area contributed by atoms with Gasteiger partial charge in [-0.05, 0) is 24.3 Å². The highest BCUT2D eigenvalue weighted by atomic mass is 32.1. The van der Waals surface area contributed by atoms with Crippen LogP contribution in [0.4, 0.5) is 0 Å². The number of carbonyl (C=O) groups is 1. The Kier molecular flexibility index (Phi) is 3.77. The lowest BCUT2D eigenvalue weighted by molar-refractivity contribution is -0.00441. The minimum atomic E-state index is -0.564. The first-order valence-electron chi connectivity index (χ1n) is 5.45. The van der Waals surface area contributed by atoms with E-state index in [1.54, 1.807) is 12.1 Å².